The van der Waals surface area contributed by atoms with E-state index in [2.05, 4.69) is 29.2 Å². The van der Waals surface area contributed by atoms with Gasteiger partial charge in [0, 0.05) is 26.1 Å². The van der Waals surface area contributed by atoms with E-state index in [1.165, 1.54) is 16.7 Å². The molecular weight excluding hydrogens is 210 g/mol. The summed E-state index contributed by atoms with van der Waals surface area (Å²) in [5.74, 6) is 0. The summed E-state index contributed by atoms with van der Waals surface area (Å²) in [5.41, 5.74) is 3.81. The molecular formula is C15H17NO. The van der Waals surface area contributed by atoms with E-state index in [4.69, 9.17) is 4.74 Å². The number of aromatic nitrogens is 1. The van der Waals surface area contributed by atoms with Crippen molar-refractivity contribution >= 4 is 0 Å². The molecule has 0 fully saturated rings. The van der Waals surface area contributed by atoms with Crippen LogP contribution in [0.1, 0.15) is 12.0 Å². The first-order valence-corrected chi connectivity index (χ1v) is 5.88. The molecule has 0 amide bonds. The number of pyridine rings is 1. The van der Waals surface area contributed by atoms with Crippen molar-refractivity contribution in [3.05, 3.63) is 54.4 Å². The number of aryl methyl sites for hydroxylation is 1. The Kier molecular flexibility index (Phi) is 4.28. The molecule has 1 aromatic heterocycles. The lowest BCUT2D eigenvalue weighted by molar-refractivity contribution is 0.195. The highest BCUT2D eigenvalue weighted by atomic mass is 16.5. The van der Waals surface area contributed by atoms with Crippen molar-refractivity contribution in [3.8, 4) is 11.1 Å². The van der Waals surface area contributed by atoms with Gasteiger partial charge in [-0.3, -0.25) is 4.98 Å². The Labute approximate surface area is 102 Å². The minimum atomic E-state index is 0.826. The van der Waals surface area contributed by atoms with Gasteiger partial charge in [0.25, 0.3) is 0 Å². The normalized spacial score (nSPS) is 10.4. The molecule has 0 saturated carbocycles. The first-order valence-electron chi connectivity index (χ1n) is 5.88. The highest BCUT2D eigenvalue weighted by Gasteiger charge is 1.97. The molecule has 0 saturated heterocycles. The van der Waals surface area contributed by atoms with Gasteiger partial charge in [-0.15, -0.1) is 0 Å². The number of rotatable bonds is 5. The van der Waals surface area contributed by atoms with Crippen molar-refractivity contribution in [2.75, 3.05) is 13.7 Å². The molecule has 88 valence electrons. The van der Waals surface area contributed by atoms with Gasteiger partial charge in [0.1, 0.15) is 0 Å². The van der Waals surface area contributed by atoms with Gasteiger partial charge in [-0.2, -0.15) is 0 Å². The Bertz CT molecular complexity index is 436. The summed E-state index contributed by atoms with van der Waals surface area (Å²) in [4.78, 5) is 4.02. The highest BCUT2D eigenvalue weighted by Crippen LogP contribution is 2.19. The molecule has 2 aromatic rings. The molecule has 0 N–H and O–H groups in total. The van der Waals surface area contributed by atoms with E-state index in [9.17, 15) is 0 Å². The maximum absolute atomic E-state index is 5.05. The Morgan fingerprint density at radius 3 is 2.24 bits per heavy atom. The second-order valence-electron chi connectivity index (χ2n) is 4.03. The SMILES string of the molecule is COCCCc1ccc(-c2ccncc2)cc1. The van der Waals surface area contributed by atoms with Gasteiger partial charge >= 0.3 is 0 Å². The van der Waals surface area contributed by atoms with Crippen LogP contribution in [0.25, 0.3) is 11.1 Å². The smallest absolute Gasteiger partial charge is 0.0465 e. The number of ether oxygens (including phenoxy) is 1. The van der Waals surface area contributed by atoms with Crippen LogP contribution in [-0.4, -0.2) is 18.7 Å². The molecule has 0 bridgehead atoms. The lowest BCUT2D eigenvalue weighted by Gasteiger charge is -2.04. The number of benzene rings is 1. The number of methoxy groups -OCH3 is 1. The third-order valence-corrected chi connectivity index (χ3v) is 2.78. The topological polar surface area (TPSA) is 22.1 Å². The third-order valence-electron chi connectivity index (χ3n) is 2.78. The summed E-state index contributed by atoms with van der Waals surface area (Å²) in [6, 6.07) is 12.8. The maximum Gasteiger partial charge on any atom is 0.0465 e. The van der Waals surface area contributed by atoms with Crippen LogP contribution < -0.4 is 0 Å². The summed E-state index contributed by atoms with van der Waals surface area (Å²) in [5, 5.41) is 0. The highest BCUT2D eigenvalue weighted by molar-refractivity contribution is 5.62. The number of hydrogen-bond donors (Lipinski definition) is 0. The largest absolute Gasteiger partial charge is 0.385 e. The third kappa shape index (κ3) is 3.40. The van der Waals surface area contributed by atoms with Crippen LogP contribution in [0.2, 0.25) is 0 Å². The number of nitrogens with zero attached hydrogens (tertiary/aromatic N) is 1. The molecule has 1 aromatic carbocycles. The zero-order valence-corrected chi connectivity index (χ0v) is 10.1. The molecule has 0 atom stereocenters. The monoisotopic (exact) mass is 227 g/mol. The minimum Gasteiger partial charge on any atom is -0.385 e. The van der Waals surface area contributed by atoms with E-state index in [0.29, 0.717) is 0 Å². The van der Waals surface area contributed by atoms with Gasteiger partial charge in [-0.25, -0.2) is 0 Å². The first-order chi connectivity index (χ1) is 8.40. The summed E-state index contributed by atoms with van der Waals surface area (Å²) in [7, 11) is 1.74. The predicted molar refractivity (Wildman–Crippen MR) is 69.9 cm³/mol. The molecule has 0 radical (unpaired) electrons. The van der Waals surface area contributed by atoms with Gasteiger partial charge in [0.2, 0.25) is 0 Å². The fourth-order valence-electron chi connectivity index (χ4n) is 1.83. The zero-order valence-electron chi connectivity index (χ0n) is 10.1. The molecule has 0 aliphatic heterocycles. The van der Waals surface area contributed by atoms with Gasteiger partial charge in [0.05, 0.1) is 0 Å². The molecule has 2 heteroatoms. The minimum absolute atomic E-state index is 0.826. The van der Waals surface area contributed by atoms with E-state index in [-0.39, 0.29) is 0 Å². The second kappa shape index (κ2) is 6.16. The molecule has 2 nitrogen and oxygen atoms in total. The average Bonchev–Trinajstić information content (AvgIpc) is 2.41. The van der Waals surface area contributed by atoms with Gasteiger partial charge in [-0.1, -0.05) is 24.3 Å². The van der Waals surface area contributed by atoms with Gasteiger partial charge < -0.3 is 4.74 Å². The van der Waals surface area contributed by atoms with E-state index < -0.39 is 0 Å². The van der Waals surface area contributed by atoms with Crippen LogP contribution in [0.4, 0.5) is 0 Å². The lowest BCUT2D eigenvalue weighted by Crippen LogP contribution is -1.92. The molecule has 2 rings (SSSR count). The Morgan fingerprint density at radius 2 is 1.59 bits per heavy atom. The van der Waals surface area contributed by atoms with Crippen LogP contribution in [0.15, 0.2) is 48.8 Å². The standard InChI is InChI=1S/C15H17NO/c1-17-12-2-3-13-4-6-14(7-5-13)15-8-10-16-11-9-15/h4-11H,2-3,12H2,1H3. The quantitative estimate of drug-likeness (QED) is 0.731. The van der Waals surface area contributed by atoms with Gasteiger partial charge in [0.15, 0.2) is 0 Å². The van der Waals surface area contributed by atoms with Crippen LogP contribution in [-0.2, 0) is 11.2 Å². The second-order valence-corrected chi connectivity index (χ2v) is 4.03. The predicted octanol–water partition coefficient (Wildman–Crippen LogP) is 3.33. The Hall–Kier alpha value is -1.67. The molecule has 0 spiro atoms. The van der Waals surface area contributed by atoms with Crippen LogP contribution in [0, 0.1) is 0 Å². The fourth-order valence-corrected chi connectivity index (χ4v) is 1.83. The van der Waals surface area contributed by atoms with Crippen molar-refractivity contribution in [2.24, 2.45) is 0 Å². The molecule has 0 aliphatic rings. The molecule has 1 heterocycles. The first kappa shape index (κ1) is 11.8. The molecule has 0 unspecified atom stereocenters. The average molecular weight is 227 g/mol. The Balaban J connectivity index is 2.03. The van der Waals surface area contributed by atoms with Crippen molar-refractivity contribution in [3.63, 3.8) is 0 Å². The van der Waals surface area contributed by atoms with Gasteiger partial charge in [-0.05, 0) is 41.7 Å². The van der Waals surface area contributed by atoms with Crippen LogP contribution in [0.3, 0.4) is 0 Å². The molecule has 17 heavy (non-hydrogen) atoms. The summed E-state index contributed by atoms with van der Waals surface area (Å²) in [6.07, 6.45) is 5.79. The Morgan fingerprint density at radius 1 is 0.941 bits per heavy atom. The fraction of sp³-hybridized carbons (Fsp3) is 0.267. The van der Waals surface area contributed by atoms with E-state index >= 15 is 0 Å². The van der Waals surface area contributed by atoms with Crippen LogP contribution >= 0.6 is 0 Å². The summed E-state index contributed by atoms with van der Waals surface area (Å²) in [6.45, 7) is 0.826. The van der Waals surface area contributed by atoms with E-state index in [0.717, 1.165) is 19.4 Å². The van der Waals surface area contributed by atoms with Crippen molar-refractivity contribution in [1.82, 2.24) is 4.98 Å². The van der Waals surface area contributed by atoms with Crippen molar-refractivity contribution in [1.29, 1.82) is 0 Å². The summed E-state index contributed by atoms with van der Waals surface area (Å²) < 4.78 is 5.05. The van der Waals surface area contributed by atoms with Crippen LogP contribution in [0.5, 0.6) is 0 Å². The van der Waals surface area contributed by atoms with Crippen molar-refractivity contribution < 1.29 is 4.74 Å². The maximum atomic E-state index is 5.05. The van der Waals surface area contributed by atoms with E-state index in [1.807, 2.05) is 24.5 Å². The lowest BCUT2D eigenvalue weighted by atomic mass is 10.0. The number of hydrogen-bond acceptors (Lipinski definition) is 2. The van der Waals surface area contributed by atoms with Crippen molar-refractivity contribution in [2.45, 2.75) is 12.8 Å². The zero-order chi connectivity index (χ0) is 11.9. The van der Waals surface area contributed by atoms with E-state index in [1.54, 1.807) is 7.11 Å². The molecule has 0 aliphatic carbocycles. The summed E-state index contributed by atoms with van der Waals surface area (Å²) >= 11 is 0.